The molecule has 0 heterocycles. The molecule has 0 fully saturated rings. The number of ether oxygens (including phenoxy) is 2. The van der Waals surface area contributed by atoms with E-state index in [0.717, 1.165) is 29.5 Å². The van der Waals surface area contributed by atoms with Crippen LogP contribution in [-0.2, 0) is 25.9 Å². The van der Waals surface area contributed by atoms with Crippen LogP contribution in [0.15, 0.2) is 48.5 Å². The Morgan fingerprint density at radius 3 is 2.48 bits per heavy atom. The molecule has 6 nitrogen and oxygen atoms in total. The number of aryl methyl sites for hydroxylation is 1. The largest absolute Gasteiger partial charge is 0.504 e. The summed E-state index contributed by atoms with van der Waals surface area (Å²) < 4.78 is 12.1. The molecule has 1 aliphatic rings. The van der Waals surface area contributed by atoms with Crippen LogP contribution in [0.1, 0.15) is 41.2 Å². The Morgan fingerprint density at radius 2 is 1.77 bits per heavy atom. The molecule has 1 N–H and O–H groups in total. The van der Waals surface area contributed by atoms with Crippen molar-refractivity contribution in [3.05, 3.63) is 86.5 Å². The predicted octanol–water partition coefficient (Wildman–Crippen LogP) is 6.03. The van der Waals surface area contributed by atoms with Crippen LogP contribution in [-0.4, -0.2) is 10.0 Å². The second kappa shape index (κ2) is 8.68. The molecule has 0 bridgehead atoms. The van der Waals surface area contributed by atoms with Crippen LogP contribution in [0.2, 0.25) is 0 Å². The van der Waals surface area contributed by atoms with Gasteiger partial charge in [0, 0.05) is 22.8 Å². The molecule has 0 aromatic heterocycles. The molecule has 0 spiro atoms. The zero-order chi connectivity index (χ0) is 22.0. The van der Waals surface area contributed by atoms with E-state index in [1.54, 1.807) is 25.1 Å². The van der Waals surface area contributed by atoms with Crippen molar-refractivity contribution in [3.63, 3.8) is 0 Å². The third kappa shape index (κ3) is 4.06. The van der Waals surface area contributed by atoms with Crippen molar-refractivity contribution >= 4 is 5.69 Å². The Morgan fingerprint density at radius 1 is 1.06 bits per heavy atom. The van der Waals surface area contributed by atoms with Gasteiger partial charge in [0.25, 0.3) is 5.69 Å². The Bertz CT molecular complexity index is 1120. The highest BCUT2D eigenvalue weighted by Gasteiger charge is 2.28. The number of phenols is 1. The quantitative estimate of drug-likeness (QED) is 0.373. The Balaban J connectivity index is 1.64. The molecule has 0 amide bonds. The summed E-state index contributed by atoms with van der Waals surface area (Å²) in [6.45, 7) is 4.15. The fourth-order valence-electron chi connectivity index (χ4n) is 4.18. The normalized spacial score (nSPS) is 12.5. The molecule has 0 saturated heterocycles. The monoisotopic (exact) mass is 419 g/mol. The second-order valence-corrected chi connectivity index (χ2v) is 7.73. The maximum Gasteiger partial charge on any atom is 0.273 e. The van der Waals surface area contributed by atoms with Crippen LogP contribution in [0.5, 0.6) is 23.0 Å². The van der Waals surface area contributed by atoms with E-state index >= 15 is 0 Å². The first-order valence-electron chi connectivity index (χ1n) is 10.5. The number of nitrogens with zero attached hydrogens (tertiary/aromatic N) is 1. The number of aromatic hydroxyl groups is 1. The van der Waals surface area contributed by atoms with Crippen LogP contribution >= 0.6 is 0 Å². The van der Waals surface area contributed by atoms with Crippen LogP contribution in [0.3, 0.4) is 0 Å². The number of rotatable bonds is 7. The Hall–Kier alpha value is -3.54. The van der Waals surface area contributed by atoms with E-state index < -0.39 is 0 Å². The fraction of sp³-hybridized carbons (Fsp3) is 0.280. The van der Waals surface area contributed by atoms with Crippen molar-refractivity contribution in [1.29, 1.82) is 0 Å². The third-order valence-electron chi connectivity index (χ3n) is 5.71. The zero-order valence-corrected chi connectivity index (χ0v) is 17.7. The minimum Gasteiger partial charge on any atom is -0.504 e. The van der Waals surface area contributed by atoms with Gasteiger partial charge < -0.3 is 14.6 Å². The summed E-state index contributed by atoms with van der Waals surface area (Å²) in [5.74, 6) is 1.59. The first-order chi connectivity index (χ1) is 15.0. The molecular weight excluding hydrogens is 394 g/mol. The molecule has 0 unspecified atom stereocenters. The number of hydrogen-bond acceptors (Lipinski definition) is 5. The van der Waals surface area contributed by atoms with Gasteiger partial charge in [-0.05, 0) is 55.9 Å². The van der Waals surface area contributed by atoms with E-state index in [9.17, 15) is 15.2 Å². The zero-order valence-electron chi connectivity index (χ0n) is 17.7. The lowest BCUT2D eigenvalue weighted by Gasteiger charge is -2.18. The fourth-order valence-corrected chi connectivity index (χ4v) is 4.18. The van der Waals surface area contributed by atoms with Gasteiger partial charge in [-0.2, -0.15) is 0 Å². The van der Waals surface area contributed by atoms with Crippen molar-refractivity contribution in [2.24, 2.45) is 0 Å². The van der Waals surface area contributed by atoms with Crippen molar-refractivity contribution in [3.8, 4) is 23.0 Å². The van der Waals surface area contributed by atoms with Gasteiger partial charge in [-0.15, -0.1) is 0 Å². The van der Waals surface area contributed by atoms with Gasteiger partial charge in [0.05, 0.1) is 4.92 Å². The topological polar surface area (TPSA) is 81.8 Å². The summed E-state index contributed by atoms with van der Waals surface area (Å²) >= 11 is 0. The molecule has 1 aliphatic carbocycles. The van der Waals surface area contributed by atoms with E-state index in [-0.39, 0.29) is 16.4 Å². The molecule has 4 rings (SSSR count). The lowest BCUT2D eigenvalue weighted by Crippen LogP contribution is -2.02. The van der Waals surface area contributed by atoms with Crippen molar-refractivity contribution in [1.82, 2.24) is 0 Å². The summed E-state index contributed by atoms with van der Waals surface area (Å²) in [5.41, 5.74) is 4.16. The minimum absolute atomic E-state index is 0.0394. The predicted molar refractivity (Wildman–Crippen MR) is 118 cm³/mol. The molecule has 0 radical (unpaired) electrons. The first-order valence-corrected chi connectivity index (χ1v) is 10.5. The smallest absolute Gasteiger partial charge is 0.273 e. The molecule has 0 saturated carbocycles. The van der Waals surface area contributed by atoms with Gasteiger partial charge in [-0.3, -0.25) is 10.1 Å². The third-order valence-corrected chi connectivity index (χ3v) is 5.71. The van der Waals surface area contributed by atoms with Crippen LogP contribution in [0, 0.1) is 17.0 Å². The molecule has 31 heavy (non-hydrogen) atoms. The summed E-state index contributed by atoms with van der Waals surface area (Å²) in [5, 5.41) is 22.3. The highest BCUT2D eigenvalue weighted by molar-refractivity contribution is 5.61. The van der Waals surface area contributed by atoms with E-state index in [4.69, 9.17) is 9.47 Å². The molecular formula is C25H25NO5. The molecule has 3 aromatic rings. The standard InChI is InChI=1S/C25H25NO5/c1-3-18-22(30-15-17-8-5-4-6-9-17)12-13-23(24(18)27)31-25-16(2)14-21(26(28)29)19-10-7-11-20(19)25/h4-6,8-9,12-14,27H,3,7,10-11,15H2,1-2H3. The molecule has 0 aliphatic heterocycles. The van der Waals surface area contributed by atoms with Crippen molar-refractivity contribution in [2.45, 2.75) is 46.1 Å². The number of fused-ring (bicyclic) bond motifs is 1. The number of hydrogen-bond donors (Lipinski definition) is 1. The SMILES string of the molecule is CCc1c(OCc2ccccc2)ccc(Oc2c(C)cc([N+](=O)[O-])c3c2CCC3)c1O. The van der Waals surface area contributed by atoms with Crippen LogP contribution in [0.25, 0.3) is 0 Å². The molecule has 0 atom stereocenters. The minimum atomic E-state index is -0.327. The van der Waals surface area contributed by atoms with E-state index in [1.807, 2.05) is 37.3 Å². The number of phenolic OH excluding ortho intramolecular Hbond substituents is 1. The number of nitro groups is 1. The molecule has 160 valence electrons. The summed E-state index contributed by atoms with van der Waals surface area (Å²) in [6, 6.07) is 14.9. The Labute approximate surface area is 181 Å². The highest BCUT2D eigenvalue weighted by Crippen LogP contribution is 2.45. The maximum absolute atomic E-state index is 11.4. The lowest BCUT2D eigenvalue weighted by molar-refractivity contribution is -0.385. The lowest BCUT2D eigenvalue weighted by atomic mass is 10.0. The number of benzene rings is 3. The first kappa shape index (κ1) is 20.7. The van der Waals surface area contributed by atoms with Gasteiger partial charge in [-0.1, -0.05) is 37.3 Å². The second-order valence-electron chi connectivity index (χ2n) is 7.73. The van der Waals surface area contributed by atoms with Gasteiger partial charge in [0.2, 0.25) is 0 Å². The van der Waals surface area contributed by atoms with Gasteiger partial charge in [-0.25, -0.2) is 0 Å². The molecule has 6 heteroatoms. The summed E-state index contributed by atoms with van der Waals surface area (Å²) in [6.07, 6.45) is 2.83. The van der Waals surface area contributed by atoms with Gasteiger partial charge in [0.15, 0.2) is 11.5 Å². The van der Waals surface area contributed by atoms with Gasteiger partial charge >= 0.3 is 0 Å². The van der Waals surface area contributed by atoms with Crippen molar-refractivity contribution in [2.75, 3.05) is 0 Å². The number of nitro benzene ring substituents is 1. The highest BCUT2D eigenvalue weighted by atomic mass is 16.6. The maximum atomic E-state index is 11.4. The Kier molecular flexibility index (Phi) is 5.80. The average Bonchev–Trinajstić information content (AvgIpc) is 3.25. The van der Waals surface area contributed by atoms with E-state index in [1.165, 1.54) is 0 Å². The van der Waals surface area contributed by atoms with E-state index in [0.29, 0.717) is 47.8 Å². The van der Waals surface area contributed by atoms with Gasteiger partial charge in [0.1, 0.15) is 18.1 Å². The van der Waals surface area contributed by atoms with E-state index in [2.05, 4.69) is 0 Å². The summed E-state index contributed by atoms with van der Waals surface area (Å²) in [7, 11) is 0. The van der Waals surface area contributed by atoms with Crippen LogP contribution < -0.4 is 9.47 Å². The van der Waals surface area contributed by atoms with Crippen molar-refractivity contribution < 1.29 is 19.5 Å². The average molecular weight is 419 g/mol. The molecule has 3 aromatic carbocycles. The van der Waals surface area contributed by atoms with Crippen LogP contribution in [0.4, 0.5) is 5.69 Å². The summed E-state index contributed by atoms with van der Waals surface area (Å²) in [4.78, 5) is 11.1.